The van der Waals surface area contributed by atoms with Crippen molar-refractivity contribution < 1.29 is 4.74 Å². The van der Waals surface area contributed by atoms with Crippen molar-refractivity contribution in [3.05, 3.63) is 29.8 Å². The highest BCUT2D eigenvalue weighted by molar-refractivity contribution is 5.28. The number of ether oxygens (including phenoxy) is 1. The van der Waals surface area contributed by atoms with Crippen LogP contribution in [-0.2, 0) is 0 Å². The summed E-state index contributed by atoms with van der Waals surface area (Å²) in [5, 5.41) is 3.78. The van der Waals surface area contributed by atoms with Gasteiger partial charge in [0.05, 0.1) is 7.11 Å². The van der Waals surface area contributed by atoms with Crippen molar-refractivity contribution in [3.8, 4) is 5.75 Å². The standard InChI is InChI=1S/C18H30N2O/c1-14(2)13-20-11-9-17(10-12-20)19-15(3)16-5-7-18(21-4)8-6-16/h5-8,14-15,17,19H,9-13H2,1-4H3. The summed E-state index contributed by atoms with van der Waals surface area (Å²) in [5.74, 6) is 1.70. The molecule has 1 unspecified atom stereocenters. The number of rotatable bonds is 6. The van der Waals surface area contributed by atoms with Gasteiger partial charge in [-0.15, -0.1) is 0 Å². The first-order valence-corrected chi connectivity index (χ1v) is 8.21. The summed E-state index contributed by atoms with van der Waals surface area (Å²) in [7, 11) is 1.71. The van der Waals surface area contributed by atoms with Gasteiger partial charge in [0.1, 0.15) is 5.75 Å². The Kier molecular flexibility index (Phi) is 6.07. The fourth-order valence-electron chi connectivity index (χ4n) is 3.14. The molecule has 1 fully saturated rings. The van der Waals surface area contributed by atoms with Crippen LogP contribution < -0.4 is 10.1 Å². The van der Waals surface area contributed by atoms with E-state index in [4.69, 9.17) is 4.74 Å². The number of likely N-dealkylation sites (tertiary alicyclic amines) is 1. The third-order valence-electron chi connectivity index (χ3n) is 4.31. The lowest BCUT2D eigenvalue weighted by atomic mass is 10.0. The molecule has 1 N–H and O–H groups in total. The van der Waals surface area contributed by atoms with Gasteiger partial charge in [-0.3, -0.25) is 0 Å². The first-order valence-electron chi connectivity index (χ1n) is 8.21. The maximum Gasteiger partial charge on any atom is 0.118 e. The Hall–Kier alpha value is -1.06. The second kappa shape index (κ2) is 7.81. The first kappa shape index (κ1) is 16.3. The summed E-state index contributed by atoms with van der Waals surface area (Å²) in [4.78, 5) is 2.60. The Bertz CT molecular complexity index is 408. The van der Waals surface area contributed by atoms with Gasteiger partial charge in [0.2, 0.25) is 0 Å². The number of nitrogens with zero attached hydrogens (tertiary/aromatic N) is 1. The minimum atomic E-state index is 0.401. The van der Waals surface area contributed by atoms with Gasteiger partial charge < -0.3 is 15.0 Å². The largest absolute Gasteiger partial charge is 0.497 e. The summed E-state index contributed by atoms with van der Waals surface area (Å²) in [6.07, 6.45) is 2.51. The van der Waals surface area contributed by atoms with Crippen LogP contribution >= 0.6 is 0 Å². The number of nitrogens with one attached hydrogen (secondary N) is 1. The molecule has 0 saturated carbocycles. The molecule has 3 nitrogen and oxygen atoms in total. The molecule has 2 rings (SSSR count). The molecule has 3 heteroatoms. The van der Waals surface area contributed by atoms with E-state index in [0.29, 0.717) is 12.1 Å². The van der Waals surface area contributed by atoms with E-state index in [0.717, 1.165) is 11.7 Å². The number of hydrogen-bond acceptors (Lipinski definition) is 3. The van der Waals surface area contributed by atoms with Crippen LogP contribution in [0.15, 0.2) is 24.3 Å². The maximum absolute atomic E-state index is 5.22. The molecular weight excluding hydrogens is 260 g/mol. The Morgan fingerprint density at radius 3 is 2.29 bits per heavy atom. The van der Waals surface area contributed by atoms with E-state index in [1.165, 1.54) is 38.0 Å². The minimum Gasteiger partial charge on any atom is -0.497 e. The molecule has 1 heterocycles. The monoisotopic (exact) mass is 290 g/mol. The molecule has 0 radical (unpaired) electrons. The van der Waals surface area contributed by atoms with Gasteiger partial charge in [-0.05, 0) is 56.5 Å². The normalized spacial score (nSPS) is 18.9. The molecule has 1 aromatic rings. The predicted octanol–water partition coefficient (Wildman–Crippen LogP) is 3.47. The van der Waals surface area contributed by atoms with Gasteiger partial charge in [0.15, 0.2) is 0 Å². The van der Waals surface area contributed by atoms with E-state index in [1.807, 2.05) is 12.1 Å². The van der Waals surface area contributed by atoms with Gasteiger partial charge in [0.25, 0.3) is 0 Å². The quantitative estimate of drug-likeness (QED) is 0.868. The molecule has 0 aromatic heterocycles. The van der Waals surface area contributed by atoms with Crippen LogP contribution in [0.3, 0.4) is 0 Å². The summed E-state index contributed by atoms with van der Waals surface area (Å²) >= 11 is 0. The van der Waals surface area contributed by atoms with Crippen LogP contribution in [0, 0.1) is 5.92 Å². The second-order valence-corrected chi connectivity index (χ2v) is 6.63. The summed E-state index contributed by atoms with van der Waals surface area (Å²) in [6.45, 7) is 10.5. The molecule has 1 aromatic carbocycles. The lowest BCUT2D eigenvalue weighted by Gasteiger charge is -2.34. The zero-order chi connectivity index (χ0) is 15.2. The van der Waals surface area contributed by atoms with E-state index < -0.39 is 0 Å². The SMILES string of the molecule is COc1ccc(C(C)NC2CCN(CC(C)C)CC2)cc1. The van der Waals surface area contributed by atoms with Crippen molar-refractivity contribution in [3.63, 3.8) is 0 Å². The van der Waals surface area contributed by atoms with Crippen molar-refractivity contribution in [2.45, 2.75) is 45.7 Å². The molecule has 0 amide bonds. The molecule has 0 spiro atoms. The highest BCUT2D eigenvalue weighted by Crippen LogP contribution is 2.20. The van der Waals surface area contributed by atoms with Crippen LogP contribution in [0.1, 0.15) is 45.2 Å². The van der Waals surface area contributed by atoms with Gasteiger partial charge in [-0.25, -0.2) is 0 Å². The van der Waals surface area contributed by atoms with Crippen molar-refractivity contribution in [1.29, 1.82) is 0 Å². The van der Waals surface area contributed by atoms with Gasteiger partial charge in [-0.1, -0.05) is 26.0 Å². The lowest BCUT2D eigenvalue weighted by Crippen LogP contribution is -2.44. The summed E-state index contributed by atoms with van der Waals surface area (Å²) in [5.41, 5.74) is 1.33. The molecule has 1 aliphatic heterocycles. The Labute approximate surface area is 129 Å². The molecule has 1 saturated heterocycles. The Morgan fingerprint density at radius 1 is 1.14 bits per heavy atom. The van der Waals surface area contributed by atoms with E-state index in [2.05, 4.69) is 43.1 Å². The second-order valence-electron chi connectivity index (χ2n) is 6.63. The first-order chi connectivity index (χ1) is 10.1. The molecule has 21 heavy (non-hydrogen) atoms. The van der Waals surface area contributed by atoms with Gasteiger partial charge in [-0.2, -0.15) is 0 Å². The molecule has 1 atom stereocenters. The molecule has 0 bridgehead atoms. The summed E-state index contributed by atoms with van der Waals surface area (Å²) in [6, 6.07) is 9.44. The fourth-order valence-corrected chi connectivity index (χ4v) is 3.14. The molecule has 1 aliphatic rings. The van der Waals surface area contributed by atoms with Crippen molar-refractivity contribution >= 4 is 0 Å². The topological polar surface area (TPSA) is 24.5 Å². The summed E-state index contributed by atoms with van der Waals surface area (Å²) < 4.78 is 5.22. The lowest BCUT2D eigenvalue weighted by molar-refractivity contribution is 0.175. The van der Waals surface area contributed by atoms with Crippen molar-refractivity contribution in [1.82, 2.24) is 10.2 Å². The van der Waals surface area contributed by atoms with Crippen LogP contribution in [-0.4, -0.2) is 37.7 Å². The zero-order valence-electron chi connectivity index (χ0n) is 13.9. The van der Waals surface area contributed by atoms with Gasteiger partial charge >= 0.3 is 0 Å². The third kappa shape index (κ3) is 5.01. The van der Waals surface area contributed by atoms with Crippen LogP contribution in [0.4, 0.5) is 0 Å². The highest BCUT2D eigenvalue weighted by atomic mass is 16.5. The fraction of sp³-hybridized carbons (Fsp3) is 0.667. The average Bonchev–Trinajstić information content (AvgIpc) is 2.49. The Morgan fingerprint density at radius 2 is 1.76 bits per heavy atom. The van der Waals surface area contributed by atoms with Crippen molar-refractivity contribution in [2.24, 2.45) is 5.92 Å². The number of hydrogen-bond donors (Lipinski definition) is 1. The zero-order valence-corrected chi connectivity index (χ0v) is 13.9. The van der Waals surface area contributed by atoms with Crippen LogP contribution in [0.5, 0.6) is 5.75 Å². The van der Waals surface area contributed by atoms with E-state index in [9.17, 15) is 0 Å². The van der Waals surface area contributed by atoms with Crippen LogP contribution in [0.2, 0.25) is 0 Å². The minimum absolute atomic E-state index is 0.401. The van der Waals surface area contributed by atoms with Crippen molar-refractivity contribution in [2.75, 3.05) is 26.7 Å². The van der Waals surface area contributed by atoms with E-state index >= 15 is 0 Å². The molecular formula is C18H30N2O. The van der Waals surface area contributed by atoms with E-state index in [1.54, 1.807) is 7.11 Å². The Balaban J connectivity index is 1.79. The molecule has 118 valence electrons. The van der Waals surface area contributed by atoms with Crippen LogP contribution in [0.25, 0.3) is 0 Å². The highest BCUT2D eigenvalue weighted by Gasteiger charge is 2.21. The van der Waals surface area contributed by atoms with Gasteiger partial charge in [0, 0.05) is 18.6 Å². The van der Waals surface area contributed by atoms with E-state index in [-0.39, 0.29) is 0 Å². The predicted molar refractivity (Wildman–Crippen MR) is 88.8 cm³/mol. The third-order valence-corrected chi connectivity index (χ3v) is 4.31. The maximum atomic E-state index is 5.22. The average molecular weight is 290 g/mol. The molecule has 0 aliphatic carbocycles. The number of methoxy groups -OCH3 is 1. The number of benzene rings is 1. The number of piperidine rings is 1. The smallest absolute Gasteiger partial charge is 0.118 e.